The van der Waals surface area contributed by atoms with Gasteiger partial charge in [-0.05, 0) is 32.9 Å². The van der Waals surface area contributed by atoms with Crippen LogP contribution in [0.4, 0.5) is 5.69 Å². The molecule has 120 valence electrons. The van der Waals surface area contributed by atoms with Gasteiger partial charge in [0, 0.05) is 12.5 Å². The van der Waals surface area contributed by atoms with Crippen LogP contribution in [-0.4, -0.2) is 16.6 Å². The number of hydroxylamine groups is 2. The van der Waals surface area contributed by atoms with Crippen molar-refractivity contribution in [3.63, 3.8) is 0 Å². The number of hydrogen-bond donors (Lipinski definition) is 0. The summed E-state index contributed by atoms with van der Waals surface area (Å²) >= 11 is 0. The quantitative estimate of drug-likeness (QED) is 0.812. The highest BCUT2D eigenvalue weighted by Gasteiger charge is 2.47. The highest BCUT2D eigenvalue weighted by atomic mass is 16.9. The molecule has 4 nitrogen and oxygen atoms in total. The summed E-state index contributed by atoms with van der Waals surface area (Å²) in [7, 11) is 0. The molecule has 4 heteroatoms. The van der Waals surface area contributed by atoms with Crippen LogP contribution in [0.15, 0.2) is 65.7 Å². The first-order valence-corrected chi connectivity index (χ1v) is 7.76. The van der Waals surface area contributed by atoms with E-state index in [-0.39, 0.29) is 5.54 Å². The van der Waals surface area contributed by atoms with Gasteiger partial charge in [0.1, 0.15) is 0 Å². The van der Waals surface area contributed by atoms with Crippen molar-refractivity contribution < 1.29 is 9.57 Å². The summed E-state index contributed by atoms with van der Waals surface area (Å²) < 4.78 is 6.13. The van der Waals surface area contributed by atoms with Crippen molar-refractivity contribution in [1.29, 1.82) is 0 Å². The molecule has 0 amide bonds. The number of hydrogen-bond acceptors (Lipinski definition) is 3. The minimum atomic E-state index is -0.887. The van der Waals surface area contributed by atoms with E-state index in [0.717, 1.165) is 11.3 Å². The molecule has 0 spiro atoms. The summed E-state index contributed by atoms with van der Waals surface area (Å²) in [6.45, 7) is 8.10. The summed E-state index contributed by atoms with van der Waals surface area (Å²) in [5.74, 6) is -0.887. The minimum absolute atomic E-state index is 0.278. The molecule has 0 N–H and O–H groups in total. The van der Waals surface area contributed by atoms with Crippen molar-refractivity contribution in [1.82, 2.24) is 5.06 Å². The van der Waals surface area contributed by atoms with Gasteiger partial charge < -0.3 is 4.74 Å². The van der Waals surface area contributed by atoms with Crippen LogP contribution in [0.2, 0.25) is 0 Å². The molecule has 0 bridgehead atoms. The Hall–Kier alpha value is -2.33. The van der Waals surface area contributed by atoms with Crippen molar-refractivity contribution in [2.75, 3.05) is 0 Å². The summed E-state index contributed by atoms with van der Waals surface area (Å²) in [4.78, 5) is 10.8. The molecule has 1 heterocycles. The topological polar surface area (TPSA) is 34.1 Å². The molecule has 0 radical (unpaired) electrons. The van der Waals surface area contributed by atoms with Crippen LogP contribution in [0.3, 0.4) is 0 Å². The Morgan fingerprint density at radius 2 is 1.48 bits per heavy atom. The molecule has 1 aliphatic rings. The van der Waals surface area contributed by atoms with Gasteiger partial charge in [-0.1, -0.05) is 48.5 Å². The van der Waals surface area contributed by atoms with Gasteiger partial charge in [-0.2, -0.15) is 10.1 Å². The predicted octanol–water partition coefficient (Wildman–Crippen LogP) is 4.61. The molecule has 1 saturated heterocycles. The Morgan fingerprint density at radius 1 is 0.913 bits per heavy atom. The van der Waals surface area contributed by atoms with Crippen LogP contribution >= 0.6 is 0 Å². The molecule has 2 aromatic rings. The van der Waals surface area contributed by atoms with E-state index in [4.69, 9.17) is 9.57 Å². The third-order valence-corrected chi connectivity index (χ3v) is 3.61. The third-order valence-electron chi connectivity index (χ3n) is 3.61. The van der Waals surface area contributed by atoms with Gasteiger partial charge in [0.15, 0.2) is 0 Å². The lowest BCUT2D eigenvalue weighted by Crippen LogP contribution is -2.42. The minimum Gasteiger partial charge on any atom is -0.424 e. The fraction of sp³-hybridized carbons (Fsp3) is 0.316. The van der Waals surface area contributed by atoms with Crippen molar-refractivity contribution >= 4 is 11.7 Å². The molecule has 0 aliphatic carbocycles. The zero-order chi connectivity index (χ0) is 16.5. The molecule has 0 aromatic heterocycles. The fourth-order valence-corrected chi connectivity index (χ4v) is 2.41. The van der Waals surface area contributed by atoms with Crippen LogP contribution in [0.25, 0.3) is 0 Å². The zero-order valence-electron chi connectivity index (χ0n) is 14.0. The highest BCUT2D eigenvalue weighted by molar-refractivity contribution is 5.78. The highest BCUT2D eigenvalue weighted by Crippen LogP contribution is 2.38. The van der Waals surface area contributed by atoms with Gasteiger partial charge in [-0.15, -0.1) is 0 Å². The first-order chi connectivity index (χ1) is 10.9. The molecule has 1 fully saturated rings. The van der Waals surface area contributed by atoms with Crippen LogP contribution in [0.1, 0.15) is 33.3 Å². The SMILES string of the molecule is CC1(c2ccccc2)OC(=Nc2ccccc2)N(C(C)(C)C)O1. The van der Waals surface area contributed by atoms with Crippen LogP contribution in [0.5, 0.6) is 0 Å². The summed E-state index contributed by atoms with van der Waals surface area (Å²) in [6, 6.07) is 20.1. The van der Waals surface area contributed by atoms with Crippen LogP contribution in [-0.2, 0) is 15.4 Å². The Bertz CT molecular complexity index is 692. The number of rotatable bonds is 2. The second kappa shape index (κ2) is 5.70. The van der Waals surface area contributed by atoms with Crippen molar-refractivity contribution in [2.45, 2.75) is 39.0 Å². The average Bonchev–Trinajstić information content (AvgIpc) is 2.87. The maximum Gasteiger partial charge on any atom is 0.320 e. The van der Waals surface area contributed by atoms with Gasteiger partial charge in [-0.3, -0.25) is 0 Å². The number of nitrogens with zero attached hydrogens (tertiary/aromatic N) is 2. The van der Waals surface area contributed by atoms with Gasteiger partial charge >= 0.3 is 6.02 Å². The second-order valence-corrected chi connectivity index (χ2v) is 6.70. The number of ether oxygens (including phenoxy) is 1. The van der Waals surface area contributed by atoms with E-state index in [0.29, 0.717) is 6.02 Å². The van der Waals surface area contributed by atoms with Crippen LogP contribution < -0.4 is 0 Å². The predicted molar refractivity (Wildman–Crippen MR) is 91.1 cm³/mol. The summed E-state index contributed by atoms with van der Waals surface area (Å²) in [6.07, 6.45) is 0. The van der Waals surface area contributed by atoms with Gasteiger partial charge in [0.05, 0.1) is 11.2 Å². The smallest absolute Gasteiger partial charge is 0.320 e. The first-order valence-electron chi connectivity index (χ1n) is 7.76. The normalized spacial score (nSPS) is 23.1. The number of amidine groups is 1. The maximum absolute atomic E-state index is 6.16. The standard InChI is InChI=1S/C19H22N2O2/c1-18(2,3)21-17(20-16-13-9-6-10-14-16)22-19(4,23-21)15-11-7-5-8-12-15/h5-14H,1-4H3. The lowest BCUT2D eigenvalue weighted by atomic mass is 10.1. The van der Waals surface area contributed by atoms with Crippen molar-refractivity contribution in [3.8, 4) is 0 Å². The van der Waals surface area contributed by atoms with Gasteiger partial charge in [-0.25, -0.2) is 4.84 Å². The first kappa shape index (κ1) is 15.6. The zero-order valence-corrected chi connectivity index (χ0v) is 14.0. The second-order valence-electron chi connectivity index (χ2n) is 6.70. The lowest BCUT2D eigenvalue weighted by molar-refractivity contribution is -0.255. The molecular weight excluding hydrogens is 288 g/mol. The molecular formula is C19H22N2O2. The van der Waals surface area contributed by atoms with Crippen molar-refractivity contribution in [2.24, 2.45) is 4.99 Å². The van der Waals surface area contributed by atoms with Gasteiger partial charge in [0.2, 0.25) is 0 Å². The monoisotopic (exact) mass is 310 g/mol. The van der Waals surface area contributed by atoms with E-state index in [2.05, 4.69) is 25.8 Å². The Balaban J connectivity index is 2.00. The van der Waals surface area contributed by atoms with E-state index in [1.165, 1.54) is 0 Å². The summed E-state index contributed by atoms with van der Waals surface area (Å²) in [5, 5.41) is 1.74. The van der Waals surface area contributed by atoms with Crippen LogP contribution in [0, 0.1) is 0 Å². The average molecular weight is 310 g/mol. The van der Waals surface area contributed by atoms with Gasteiger partial charge in [0.25, 0.3) is 5.79 Å². The number of benzene rings is 2. The summed E-state index contributed by atoms with van der Waals surface area (Å²) in [5.41, 5.74) is 1.50. The molecule has 23 heavy (non-hydrogen) atoms. The molecule has 1 aliphatic heterocycles. The Labute approximate surface area is 137 Å². The molecule has 1 unspecified atom stereocenters. The lowest BCUT2D eigenvalue weighted by Gasteiger charge is -2.30. The molecule has 0 saturated carbocycles. The third kappa shape index (κ3) is 3.22. The van der Waals surface area contributed by atoms with E-state index in [9.17, 15) is 0 Å². The molecule has 2 aromatic carbocycles. The van der Waals surface area contributed by atoms with E-state index in [1.54, 1.807) is 5.06 Å². The van der Waals surface area contributed by atoms with Crippen molar-refractivity contribution in [3.05, 3.63) is 66.2 Å². The van der Waals surface area contributed by atoms with E-state index >= 15 is 0 Å². The Morgan fingerprint density at radius 3 is 2.04 bits per heavy atom. The molecule has 1 atom stereocenters. The maximum atomic E-state index is 6.16. The largest absolute Gasteiger partial charge is 0.424 e. The number of para-hydroxylation sites is 1. The number of aliphatic imine (C=N–C) groups is 1. The van der Waals surface area contributed by atoms with E-state index < -0.39 is 5.79 Å². The van der Waals surface area contributed by atoms with E-state index in [1.807, 2.05) is 67.6 Å². The Kier molecular flexibility index (Phi) is 3.86. The fourth-order valence-electron chi connectivity index (χ4n) is 2.41. The molecule has 3 rings (SSSR count).